The lowest BCUT2D eigenvalue weighted by Crippen LogP contribution is -2.00. The Hall–Kier alpha value is -1.88. The number of phenolic OH excluding ortho intramolecular Hbond substituents is 3. The lowest BCUT2D eigenvalue weighted by atomic mass is 10.1. The predicted molar refractivity (Wildman–Crippen MR) is 77.6 cm³/mol. The molecule has 2 aromatic rings. The molecule has 0 atom stereocenters. The van der Waals surface area contributed by atoms with Crippen molar-refractivity contribution in [1.82, 2.24) is 0 Å². The van der Waals surface area contributed by atoms with Gasteiger partial charge in [0.05, 0.1) is 0 Å². The van der Waals surface area contributed by atoms with Crippen molar-refractivity contribution in [1.29, 1.82) is 0 Å². The molecule has 0 bridgehead atoms. The smallest absolute Gasteiger partial charge is 0.200 e. The highest BCUT2D eigenvalue weighted by atomic mass is 79.9. The van der Waals surface area contributed by atoms with E-state index in [2.05, 4.69) is 21.2 Å². The van der Waals surface area contributed by atoms with Crippen LogP contribution in [0, 0.1) is 6.92 Å². The number of benzene rings is 2. The Balaban J connectivity index is 2.17. The summed E-state index contributed by atoms with van der Waals surface area (Å²) in [7, 11) is 0. The van der Waals surface area contributed by atoms with Crippen molar-refractivity contribution in [2.24, 2.45) is 0 Å². The molecule has 0 radical (unpaired) electrons. The van der Waals surface area contributed by atoms with Gasteiger partial charge in [-0.1, -0.05) is 15.9 Å². The van der Waals surface area contributed by atoms with Gasteiger partial charge in [0.2, 0.25) is 5.75 Å². The molecule has 5 heteroatoms. The van der Waals surface area contributed by atoms with Crippen molar-refractivity contribution < 1.29 is 15.3 Å². The number of aromatic hydroxyl groups is 3. The highest BCUT2D eigenvalue weighted by Gasteiger charge is 2.10. The summed E-state index contributed by atoms with van der Waals surface area (Å²) >= 11 is 3.41. The molecular formula is C14H14BrNO3. The highest BCUT2D eigenvalue weighted by molar-refractivity contribution is 9.10. The summed E-state index contributed by atoms with van der Waals surface area (Å²) in [5.74, 6) is -1.14. The van der Waals surface area contributed by atoms with Crippen LogP contribution in [-0.2, 0) is 6.54 Å². The first kappa shape index (κ1) is 13.5. The fraction of sp³-hybridized carbons (Fsp3) is 0.143. The van der Waals surface area contributed by atoms with Crippen LogP contribution in [0.3, 0.4) is 0 Å². The van der Waals surface area contributed by atoms with Gasteiger partial charge in [-0.15, -0.1) is 0 Å². The quantitative estimate of drug-likeness (QED) is 0.652. The second-order valence-electron chi connectivity index (χ2n) is 4.31. The number of hydrogen-bond acceptors (Lipinski definition) is 4. The Labute approximate surface area is 119 Å². The Bertz CT molecular complexity index is 594. The van der Waals surface area contributed by atoms with Gasteiger partial charge in [0.15, 0.2) is 11.5 Å². The maximum absolute atomic E-state index is 9.71. The van der Waals surface area contributed by atoms with E-state index in [-0.39, 0.29) is 11.5 Å². The van der Waals surface area contributed by atoms with Gasteiger partial charge in [0.25, 0.3) is 0 Å². The number of hydrogen-bond donors (Lipinski definition) is 4. The normalized spacial score (nSPS) is 10.4. The van der Waals surface area contributed by atoms with Crippen LogP contribution in [0.5, 0.6) is 17.2 Å². The van der Waals surface area contributed by atoms with Crippen LogP contribution < -0.4 is 5.32 Å². The summed E-state index contributed by atoms with van der Waals surface area (Å²) in [6, 6.07) is 8.79. The maximum Gasteiger partial charge on any atom is 0.200 e. The van der Waals surface area contributed by atoms with E-state index in [9.17, 15) is 15.3 Å². The van der Waals surface area contributed by atoms with Gasteiger partial charge in [-0.3, -0.25) is 0 Å². The standard InChI is InChI=1S/C14H14BrNO3/c1-8-4-10(15)6-11(5-8)16-7-9-2-3-12(17)14(19)13(9)18/h2-6,16-19H,7H2,1H3. The first-order valence-corrected chi connectivity index (χ1v) is 6.50. The monoisotopic (exact) mass is 323 g/mol. The molecule has 0 aliphatic rings. The number of rotatable bonds is 3. The Morgan fingerprint density at radius 3 is 2.47 bits per heavy atom. The molecule has 0 amide bonds. The number of anilines is 1. The molecule has 19 heavy (non-hydrogen) atoms. The minimum absolute atomic E-state index is 0.306. The second kappa shape index (κ2) is 5.40. The van der Waals surface area contributed by atoms with E-state index >= 15 is 0 Å². The summed E-state index contributed by atoms with van der Waals surface area (Å²) in [4.78, 5) is 0. The van der Waals surface area contributed by atoms with Gasteiger partial charge < -0.3 is 20.6 Å². The molecule has 100 valence electrons. The highest BCUT2D eigenvalue weighted by Crippen LogP contribution is 2.37. The summed E-state index contributed by atoms with van der Waals surface area (Å²) < 4.78 is 0.966. The fourth-order valence-corrected chi connectivity index (χ4v) is 2.40. The van der Waals surface area contributed by atoms with E-state index in [4.69, 9.17) is 0 Å². The van der Waals surface area contributed by atoms with Gasteiger partial charge in [-0.2, -0.15) is 0 Å². The predicted octanol–water partition coefficient (Wildman–Crippen LogP) is 3.49. The van der Waals surface area contributed by atoms with Crippen LogP contribution in [-0.4, -0.2) is 15.3 Å². The minimum atomic E-state index is -0.496. The van der Waals surface area contributed by atoms with E-state index in [1.807, 2.05) is 25.1 Å². The molecule has 4 N–H and O–H groups in total. The maximum atomic E-state index is 9.71. The molecule has 0 unspecified atom stereocenters. The molecule has 0 saturated carbocycles. The Kier molecular flexibility index (Phi) is 3.85. The molecule has 0 fully saturated rings. The van der Waals surface area contributed by atoms with E-state index in [0.29, 0.717) is 12.1 Å². The number of phenols is 3. The largest absolute Gasteiger partial charge is 0.504 e. The van der Waals surface area contributed by atoms with Gasteiger partial charge >= 0.3 is 0 Å². The average Bonchev–Trinajstić information content (AvgIpc) is 2.34. The molecular weight excluding hydrogens is 310 g/mol. The lowest BCUT2D eigenvalue weighted by molar-refractivity contribution is 0.365. The van der Waals surface area contributed by atoms with Crippen LogP contribution >= 0.6 is 15.9 Å². The summed E-state index contributed by atoms with van der Waals surface area (Å²) in [6.07, 6.45) is 0. The van der Waals surface area contributed by atoms with Gasteiger partial charge in [-0.05, 0) is 42.8 Å². The third-order valence-corrected chi connectivity index (χ3v) is 3.20. The zero-order valence-corrected chi connectivity index (χ0v) is 11.9. The zero-order chi connectivity index (χ0) is 14.0. The Morgan fingerprint density at radius 2 is 1.79 bits per heavy atom. The van der Waals surface area contributed by atoms with Crippen LogP contribution in [0.4, 0.5) is 5.69 Å². The molecule has 0 spiro atoms. The van der Waals surface area contributed by atoms with E-state index in [1.54, 1.807) is 6.07 Å². The van der Waals surface area contributed by atoms with Crippen LogP contribution in [0.1, 0.15) is 11.1 Å². The van der Waals surface area contributed by atoms with Crippen molar-refractivity contribution in [2.75, 3.05) is 5.32 Å². The molecule has 4 nitrogen and oxygen atoms in total. The van der Waals surface area contributed by atoms with Crippen LogP contribution in [0.15, 0.2) is 34.8 Å². The first-order valence-electron chi connectivity index (χ1n) is 5.71. The van der Waals surface area contributed by atoms with Crippen molar-refractivity contribution in [3.8, 4) is 17.2 Å². The van der Waals surface area contributed by atoms with Crippen LogP contribution in [0.25, 0.3) is 0 Å². The Morgan fingerprint density at radius 1 is 1.05 bits per heavy atom. The molecule has 0 aliphatic heterocycles. The molecule has 2 rings (SSSR count). The van der Waals surface area contributed by atoms with Crippen molar-refractivity contribution in [3.63, 3.8) is 0 Å². The molecule has 0 heterocycles. The second-order valence-corrected chi connectivity index (χ2v) is 5.23. The SMILES string of the molecule is Cc1cc(Br)cc(NCc2ccc(O)c(O)c2O)c1. The van der Waals surface area contributed by atoms with Crippen molar-refractivity contribution >= 4 is 21.6 Å². The third kappa shape index (κ3) is 3.12. The van der Waals surface area contributed by atoms with E-state index in [1.165, 1.54) is 6.07 Å². The van der Waals surface area contributed by atoms with Crippen molar-refractivity contribution in [3.05, 3.63) is 45.9 Å². The molecule has 2 aromatic carbocycles. The summed E-state index contributed by atoms with van der Waals surface area (Å²) in [5, 5.41) is 31.5. The summed E-state index contributed by atoms with van der Waals surface area (Å²) in [6.45, 7) is 2.33. The lowest BCUT2D eigenvalue weighted by Gasteiger charge is -2.11. The minimum Gasteiger partial charge on any atom is -0.504 e. The first-order chi connectivity index (χ1) is 8.97. The van der Waals surface area contributed by atoms with Crippen LogP contribution in [0.2, 0.25) is 0 Å². The summed E-state index contributed by atoms with van der Waals surface area (Å²) in [5.41, 5.74) is 2.52. The number of aryl methyl sites for hydroxylation is 1. The molecule has 0 aliphatic carbocycles. The van der Waals surface area contributed by atoms with Gasteiger partial charge in [0, 0.05) is 22.3 Å². The fourth-order valence-electron chi connectivity index (χ4n) is 1.79. The van der Waals surface area contributed by atoms with Gasteiger partial charge in [0.1, 0.15) is 0 Å². The van der Waals surface area contributed by atoms with Gasteiger partial charge in [-0.25, -0.2) is 0 Å². The topological polar surface area (TPSA) is 72.7 Å². The van der Waals surface area contributed by atoms with Crippen molar-refractivity contribution in [2.45, 2.75) is 13.5 Å². The number of halogens is 1. The van der Waals surface area contributed by atoms with E-state index < -0.39 is 5.75 Å². The third-order valence-electron chi connectivity index (χ3n) is 2.74. The zero-order valence-electron chi connectivity index (χ0n) is 10.3. The average molecular weight is 324 g/mol. The molecule has 0 saturated heterocycles. The molecule has 0 aromatic heterocycles. The number of nitrogens with one attached hydrogen (secondary N) is 1. The van der Waals surface area contributed by atoms with E-state index in [0.717, 1.165) is 15.7 Å².